The van der Waals surface area contributed by atoms with Gasteiger partial charge in [0.25, 0.3) is 0 Å². The lowest BCUT2D eigenvalue weighted by Gasteiger charge is -2.27. The number of ether oxygens (including phenoxy) is 4. The highest BCUT2D eigenvalue weighted by molar-refractivity contribution is 5.78. The Balaban J connectivity index is 1.23. The summed E-state index contributed by atoms with van der Waals surface area (Å²) in [6.45, 7) is 6.49. The summed E-state index contributed by atoms with van der Waals surface area (Å²) in [5, 5.41) is 9.60. The Hall–Kier alpha value is -3.28. The van der Waals surface area contributed by atoms with E-state index in [4.69, 9.17) is 23.9 Å². The Kier molecular flexibility index (Phi) is 13.7. The number of pyridine rings is 1. The second-order valence-corrected chi connectivity index (χ2v) is 11.2. The second kappa shape index (κ2) is 17.9. The molecule has 0 bridgehead atoms. The molecule has 1 aliphatic heterocycles. The van der Waals surface area contributed by atoms with Crippen LogP contribution in [0.2, 0.25) is 0 Å². The van der Waals surface area contributed by atoms with Crippen LogP contribution in [0.3, 0.4) is 0 Å². The number of fused-ring (bicyclic) bond motifs is 1. The second-order valence-electron chi connectivity index (χ2n) is 11.2. The first-order valence-electron chi connectivity index (χ1n) is 15.9. The number of aryl methyl sites for hydroxylation is 3. The van der Waals surface area contributed by atoms with Gasteiger partial charge in [0.2, 0.25) is 0 Å². The molecule has 1 saturated heterocycles. The summed E-state index contributed by atoms with van der Waals surface area (Å²) in [4.78, 5) is 33.2. The number of carboxylic acid groups (broad SMARTS) is 1. The fourth-order valence-electron chi connectivity index (χ4n) is 5.63. The van der Waals surface area contributed by atoms with Crippen molar-refractivity contribution in [1.82, 2.24) is 14.8 Å². The van der Waals surface area contributed by atoms with Gasteiger partial charge in [-0.15, -0.1) is 0 Å². The number of benzene rings is 1. The molecule has 10 nitrogen and oxygen atoms in total. The van der Waals surface area contributed by atoms with Crippen LogP contribution in [0, 0.1) is 5.82 Å². The third kappa shape index (κ3) is 10.1. The van der Waals surface area contributed by atoms with Crippen LogP contribution in [-0.2, 0) is 38.3 Å². The van der Waals surface area contributed by atoms with Crippen LogP contribution in [0.15, 0.2) is 30.3 Å². The van der Waals surface area contributed by atoms with Crippen LogP contribution in [0.25, 0.3) is 0 Å². The summed E-state index contributed by atoms with van der Waals surface area (Å²) in [5.74, 6) is -1.63. The third-order valence-corrected chi connectivity index (χ3v) is 7.89. The molecule has 1 N–H and O–H groups in total. The Bertz CT molecular complexity index is 1210. The minimum atomic E-state index is -1.06. The molecule has 2 heterocycles. The highest BCUT2D eigenvalue weighted by Crippen LogP contribution is 2.31. The highest BCUT2D eigenvalue weighted by Gasteiger charge is 2.35. The summed E-state index contributed by atoms with van der Waals surface area (Å²) in [6, 6.07) is 7.61. The Morgan fingerprint density at radius 3 is 2.43 bits per heavy atom. The minimum Gasteiger partial charge on any atom is -0.488 e. The molecule has 0 unspecified atom stereocenters. The number of hydrogen-bond acceptors (Lipinski definition) is 7. The van der Waals surface area contributed by atoms with Gasteiger partial charge < -0.3 is 33.9 Å². The van der Waals surface area contributed by atoms with Crippen molar-refractivity contribution in [3.8, 4) is 5.75 Å². The number of carbonyl (C=O) groups is 2. The molecule has 1 fully saturated rings. The van der Waals surface area contributed by atoms with Crippen molar-refractivity contribution in [3.63, 3.8) is 0 Å². The van der Waals surface area contributed by atoms with Gasteiger partial charge in [0, 0.05) is 37.6 Å². The molecular formula is C33H46FN3O7. The molecule has 2 amide bonds. The van der Waals surface area contributed by atoms with E-state index in [1.165, 1.54) is 41.1 Å². The molecule has 2 aromatic rings. The molecule has 0 radical (unpaired) electrons. The molecule has 0 saturated carbocycles. The lowest BCUT2D eigenvalue weighted by atomic mass is 9.95. The van der Waals surface area contributed by atoms with E-state index in [-0.39, 0.29) is 31.4 Å². The summed E-state index contributed by atoms with van der Waals surface area (Å²) >= 11 is 0. The first-order valence-corrected chi connectivity index (χ1v) is 15.9. The Labute approximate surface area is 259 Å². The molecule has 11 heteroatoms. The van der Waals surface area contributed by atoms with Crippen molar-refractivity contribution in [3.05, 3.63) is 58.7 Å². The fourth-order valence-corrected chi connectivity index (χ4v) is 5.63. The number of hydrogen-bond donors (Lipinski definition) is 1. The van der Waals surface area contributed by atoms with Gasteiger partial charge in [-0.2, -0.15) is 0 Å². The smallest absolute Gasteiger partial charge is 0.320 e. The summed E-state index contributed by atoms with van der Waals surface area (Å²) < 4.78 is 36.7. The SMILES string of the molecule is CCCOCCOCCOCCOc1ccc([C@H](CC(=O)O)N2CCN(CCCc3ccc4c(n3)CCCC4)C2=O)cc1F. The van der Waals surface area contributed by atoms with Crippen LogP contribution in [-0.4, -0.2) is 97.8 Å². The molecule has 1 atom stereocenters. The largest absolute Gasteiger partial charge is 0.488 e. The van der Waals surface area contributed by atoms with Gasteiger partial charge in [-0.3, -0.25) is 9.78 Å². The monoisotopic (exact) mass is 615 g/mol. The molecule has 242 valence electrons. The zero-order valence-corrected chi connectivity index (χ0v) is 25.8. The van der Waals surface area contributed by atoms with Crippen molar-refractivity contribution in [2.45, 2.75) is 64.3 Å². The van der Waals surface area contributed by atoms with Gasteiger partial charge in [0.05, 0.1) is 45.5 Å². The number of nitrogens with zero attached hydrogens (tertiary/aromatic N) is 3. The maximum absolute atomic E-state index is 15.0. The van der Waals surface area contributed by atoms with E-state index in [1.54, 1.807) is 11.0 Å². The van der Waals surface area contributed by atoms with Crippen molar-refractivity contribution < 1.29 is 38.0 Å². The van der Waals surface area contributed by atoms with Crippen molar-refractivity contribution in [2.75, 3.05) is 65.9 Å². The molecule has 4 rings (SSSR count). The lowest BCUT2D eigenvalue weighted by molar-refractivity contribution is -0.138. The molecule has 0 spiro atoms. The number of halogens is 1. The van der Waals surface area contributed by atoms with E-state index in [0.717, 1.165) is 44.4 Å². The van der Waals surface area contributed by atoms with Crippen LogP contribution in [0.1, 0.15) is 67.6 Å². The van der Waals surface area contributed by atoms with Gasteiger partial charge in [-0.1, -0.05) is 19.1 Å². The van der Waals surface area contributed by atoms with Crippen LogP contribution >= 0.6 is 0 Å². The minimum absolute atomic E-state index is 0.0425. The number of urea groups is 1. The number of amides is 2. The summed E-state index contributed by atoms with van der Waals surface area (Å²) in [6.07, 6.45) is 6.72. The maximum atomic E-state index is 15.0. The Morgan fingerprint density at radius 1 is 0.977 bits per heavy atom. The number of aromatic nitrogens is 1. The zero-order valence-electron chi connectivity index (χ0n) is 25.8. The van der Waals surface area contributed by atoms with Crippen molar-refractivity contribution >= 4 is 12.0 Å². The van der Waals surface area contributed by atoms with Crippen LogP contribution < -0.4 is 4.74 Å². The maximum Gasteiger partial charge on any atom is 0.320 e. The van der Waals surface area contributed by atoms with Gasteiger partial charge in [-0.05, 0) is 74.3 Å². The van der Waals surface area contributed by atoms with Crippen molar-refractivity contribution in [2.24, 2.45) is 0 Å². The number of carbonyl (C=O) groups excluding carboxylic acids is 1. The highest BCUT2D eigenvalue weighted by atomic mass is 19.1. The van der Waals surface area contributed by atoms with Gasteiger partial charge in [0.15, 0.2) is 11.6 Å². The average molecular weight is 616 g/mol. The number of carboxylic acids is 1. The quantitative estimate of drug-likeness (QED) is 0.211. The number of aliphatic carboxylic acids is 1. The fraction of sp³-hybridized carbons (Fsp3) is 0.606. The first kappa shape index (κ1) is 33.6. The zero-order chi connectivity index (χ0) is 31.1. The summed E-state index contributed by atoms with van der Waals surface area (Å²) in [5.41, 5.74) is 4.01. The first-order chi connectivity index (χ1) is 21.5. The van der Waals surface area contributed by atoms with Gasteiger partial charge in [-0.25, -0.2) is 9.18 Å². The molecule has 1 aromatic heterocycles. The van der Waals surface area contributed by atoms with Crippen molar-refractivity contribution in [1.29, 1.82) is 0 Å². The van der Waals surface area contributed by atoms with Gasteiger partial charge >= 0.3 is 12.0 Å². The predicted molar refractivity (Wildman–Crippen MR) is 163 cm³/mol. The molecular weight excluding hydrogens is 569 g/mol. The van der Waals surface area contributed by atoms with Gasteiger partial charge in [0.1, 0.15) is 6.61 Å². The molecule has 44 heavy (non-hydrogen) atoms. The van der Waals surface area contributed by atoms with E-state index in [0.29, 0.717) is 51.6 Å². The Morgan fingerprint density at radius 2 is 1.70 bits per heavy atom. The molecule has 1 aliphatic carbocycles. The number of rotatable bonds is 20. The third-order valence-electron chi connectivity index (χ3n) is 7.89. The van der Waals surface area contributed by atoms with E-state index in [1.807, 2.05) is 6.92 Å². The molecule has 2 aliphatic rings. The van der Waals surface area contributed by atoms with E-state index < -0.39 is 17.8 Å². The topological polar surface area (TPSA) is 111 Å². The van der Waals surface area contributed by atoms with Crippen LogP contribution in [0.4, 0.5) is 9.18 Å². The van der Waals surface area contributed by atoms with E-state index in [2.05, 4.69) is 12.1 Å². The predicted octanol–water partition coefficient (Wildman–Crippen LogP) is 4.82. The van der Waals surface area contributed by atoms with Crippen LogP contribution in [0.5, 0.6) is 5.75 Å². The van der Waals surface area contributed by atoms with E-state index >= 15 is 0 Å². The lowest BCUT2D eigenvalue weighted by Crippen LogP contribution is -2.36. The normalized spacial score (nSPS) is 15.5. The summed E-state index contributed by atoms with van der Waals surface area (Å²) in [7, 11) is 0. The standard InChI is InChI=1S/C33H46FN3O7/c1-2-16-41-17-18-42-19-20-43-21-22-44-31-12-10-26(23-28(31)34)30(24-32(38)39)37-15-14-36(33(37)40)13-5-7-27-11-9-25-6-3-4-8-29(25)35-27/h9-12,23,30H,2-8,13-22,24H2,1H3,(H,38,39)/t30-/m0/s1. The molecule has 1 aromatic carbocycles. The van der Waals surface area contributed by atoms with E-state index in [9.17, 15) is 19.1 Å². The average Bonchev–Trinajstić information content (AvgIpc) is 3.38.